The van der Waals surface area contributed by atoms with Crippen LogP contribution in [0.25, 0.3) is 11.0 Å². The molecule has 3 aromatic rings. The van der Waals surface area contributed by atoms with Gasteiger partial charge in [-0.3, -0.25) is 0 Å². The average Bonchev–Trinajstić information content (AvgIpc) is 2.85. The first-order valence-electron chi connectivity index (χ1n) is 7.38. The molecule has 108 valence electrons. The molecule has 1 unspecified atom stereocenters. The molecule has 1 heterocycles. The van der Waals surface area contributed by atoms with Gasteiger partial charge in [0.15, 0.2) is 0 Å². The van der Waals surface area contributed by atoms with Gasteiger partial charge in [-0.05, 0) is 30.2 Å². The van der Waals surface area contributed by atoms with Crippen molar-refractivity contribution in [2.45, 2.75) is 32.7 Å². The standard InChI is InChI=1S/C18H19ClN2/c1-3-13(2)18-20-16-11-15(19)9-10-17(16)21(18)12-14-7-5-4-6-8-14/h4-11,13H,3,12H2,1-2H3. The molecule has 0 amide bonds. The lowest BCUT2D eigenvalue weighted by Crippen LogP contribution is -2.07. The first-order chi connectivity index (χ1) is 10.2. The van der Waals surface area contributed by atoms with Gasteiger partial charge in [0, 0.05) is 17.5 Å². The Morgan fingerprint density at radius 3 is 2.62 bits per heavy atom. The van der Waals surface area contributed by atoms with Crippen molar-refractivity contribution >= 4 is 22.6 Å². The minimum absolute atomic E-state index is 0.430. The Bertz CT molecular complexity index is 747. The molecule has 3 heteroatoms. The van der Waals surface area contributed by atoms with Crippen molar-refractivity contribution in [1.82, 2.24) is 9.55 Å². The Balaban J connectivity index is 2.13. The molecule has 0 spiro atoms. The number of hydrogen-bond acceptors (Lipinski definition) is 1. The first-order valence-corrected chi connectivity index (χ1v) is 7.76. The molecule has 1 aromatic heterocycles. The van der Waals surface area contributed by atoms with Gasteiger partial charge in [-0.25, -0.2) is 4.98 Å². The molecular formula is C18H19ClN2. The van der Waals surface area contributed by atoms with Crippen LogP contribution in [0.4, 0.5) is 0 Å². The quantitative estimate of drug-likeness (QED) is 0.643. The largest absolute Gasteiger partial charge is 0.323 e. The summed E-state index contributed by atoms with van der Waals surface area (Å²) in [6, 6.07) is 16.5. The summed E-state index contributed by atoms with van der Waals surface area (Å²) in [5.74, 6) is 1.57. The molecule has 3 rings (SSSR count). The molecule has 0 bridgehead atoms. The van der Waals surface area contributed by atoms with E-state index in [9.17, 15) is 0 Å². The molecule has 2 aromatic carbocycles. The fourth-order valence-electron chi connectivity index (χ4n) is 2.61. The van der Waals surface area contributed by atoms with Crippen LogP contribution in [0.3, 0.4) is 0 Å². The van der Waals surface area contributed by atoms with E-state index in [1.807, 2.05) is 18.2 Å². The average molecular weight is 299 g/mol. The summed E-state index contributed by atoms with van der Waals surface area (Å²) >= 11 is 6.10. The molecule has 21 heavy (non-hydrogen) atoms. The third kappa shape index (κ3) is 2.81. The van der Waals surface area contributed by atoms with Gasteiger partial charge in [0.2, 0.25) is 0 Å². The third-order valence-corrected chi connectivity index (χ3v) is 4.21. The fourth-order valence-corrected chi connectivity index (χ4v) is 2.78. The molecule has 0 saturated carbocycles. The van der Waals surface area contributed by atoms with E-state index in [4.69, 9.17) is 16.6 Å². The highest BCUT2D eigenvalue weighted by Gasteiger charge is 2.15. The predicted octanol–water partition coefficient (Wildman–Crippen LogP) is 5.25. The number of halogens is 1. The van der Waals surface area contributed by atoms with Crippen LogP contribution in [-0.2, 0) is 6.54 Å². The van der Waals surface area contributed by atoms with Crippen molar-refractivity contribution in [2.24, 2.45) is 0 Å². The fraction of sp³-hybridized carbons (Fsp3) is 0.278. The lowest BCUT2D eigenvalue weighted by Gasteiger charge is -2.13. The number of imidazole rings is 1. The first kappa shape index (κ1) is 14.2. The van der Waals surface area contributed by atoms with Gasteiger partial charge < -0.3 is 4.57 Å². The molecule has 0 N–H and O–H groups in total. The Labute approximate surface area is 130 Å². The van der Waals surface area contributed by atoms with Crippen molar-refractivity contribution in [3.05, 3.63) is 64.9 Å². The summed E-state index contributed by atoms with van der Waals surface area (Å²) in [5.41, 5.74) is 3.42. The van der Waals surface area contributed by atoms with Gasteiger partial charge in [0.1, 0.15) is 5.82 Å². The highest BCUT2D eigenvalue weighted by Crippen LogP contribution is 2.27. The number of benzene rings is 2. The van der Waals surface area contributed by atoms with Gasteiger partial charge in [0.25, 0.3) is 0 Å². The maximum atomic E-state index is 6.10. The summed E-state index contributed by atoms with van der Waals surface area (Å²) in [6.45, 7) is 5.27. The second kappa shape index (κ2) is 5.90. The zero-order chi connectivity index (χ0) is 14.8. The number of nitrogens with zero attached hydrogens (tertiary/aromatic N) is 2. The van der Waals surface area contributed by atoms with Crippen LogP contribution in [0.1, 0.15) is 37.6 Å². The van der Waals surface area contributed by atoms with Crippen molar-refractivity contribution in [1.29, 1.82) is 0 Å². The van der Waals surface area contributed by atoms with E-state index in [-0.39, 0.29) is 0 Å². The summed E-state index contributed by atoms with van der Waals surface area (Å²) in [6.07, 6.45) is 1.08. The lowest BCUT2D eigenvalue weighted by atomic mass is 10.1. The Morgan fingerprint density at radius 1 is 1.14 bits per heavy atom. The Kier molecular flexibility index (Phi) is 3.98. The normalized spacial score (nSPS) is 12.7. The predicted molar refractivity (Wildman–Crippen MR) is 89.0 cm³/mol. The molecular weight excluding hydrogens is 280 g/mol. The maximum absolute atomic E-state index is 6.10. The summed E-state index contributed by atoms with van der Waals surface area (Å²) in [7, 11) is 0. The Hall–Kier alpha value is -1.80. The highest BCUT2D eigenvalue weighted by molar-refractivity contribution is 6.31. The summed E-state index contributed by atoms with van der Waals surface area (Å²) in [4.78, 5) is 4.82. The van der Waals surface area contributed by atoms with E-state index in [1.54, 1.807) is 0 Å². The van der Waals surface area contributed by atoms with E-state index < -0.39 is 0 Å². The zero-order valence-corrected chi connectivity index (χ0v) is 13.1. The highest BCUT2D eigenvalue weighted by atomic mass is 35.5. The number of rotatable bonds is 4. The van der Waals surface area contributed by atoms with Crippen LogP contribution in [0.15, 0.2) is 48.5 Å². The molecule has 0 aliphatic rings. The van der Waals surface area contributed by atoms with E-state index in [0.29, 0.717) is 5.92 Å². The zero-order valence-electron chi connectivity index (χ0n) is 12.4. The second-order valence-electron chi connectivity index (χ2n) is 5.48. The van der Waals surface area contributed by atoms with E-state index in [2.05, 4.69) is 48.7 Å². The molecule has 2 nitrogen and oxygen atoms in total. The van der Waals surface area contributed by atoms with Gasteiger partial charge in [-0.15, -0.1) is 0 Å². The van der Waals surface area contributed by atoms with Crippen LogP contribution in [0.5, 0.6) is 0 Å². The van der Waals surface area contributed by atoms with Gasteiger partial charge in [-0.1, -0.05) is 55.8 Å². The van der Waals surface area contributed by atoms with Crippen molar-refractivity contribution < 1.29 is 0 Å². The van der Waals surface area contributed by atoms with E-state index in [0.717, 1.165) is 34.8 Å². The Morgan fingerprint density at radius 2 is 1.90 bits per heavy atom. The van der Waals surface area contributed by atoms with Crippen molar-refractivity contribution in [3.63, 3.8) is 0 Å². The van der Waals surface area contributed by atoms with Gasteiger partial charge in [-0.2, -0.15) is 0 Å². The van der Waals surface area contributed by atoms with Crippen LogP contribution < -0.4 is 0 Å². The topological polar surface area (TPSA) is 17.8 Å². The van der Waals surface area contributed by atoms with Gasteiger partial charge >= 0.3 is 0 Å². The van der Waals surface area contributed by atoms with Crippen LogP contribution in [0.2, 0.25) is 5.02 Å². The molecule has 1 atom stereocenters. The third-order valence-electron chi connectivity index (χ3n) is 3.98. The summed E-state index contributed by atoms with van der Waals surface area (Å²) in [5, 5.41) is 0.738. The van der Waals surface area contributed by atoms with E-state index in [1.165, 1.54) is 5.56 Å². The number of hydrogen-bond donors (Lipinski definition) is 0. The van der Waals surface area contributed by atoms with E-state index >= 15 is 0 Å². The van der Waals surface area contributed by atoms with Crippen molar-refractivity contribution in [3.8, 4) is 0 Å². The number of aromatic nitrogens is 2. The van der Waals surface area contributed by atoms with Crippen LogP contribution in [0, 0.1) is 0 Å². The molecule has 0 fully saturated rings. The lowest BCUT2D eigenvalue weighted by molar-refractivity contribution is 0.627. The molecule has 0 aliphatic carbocycles. The number of fused-ring (bicyclic) bond motifs is 1. The molecule has 0 aliphatic heterocycles. The smallest absolute Gasteiger partial charge is 0.113 e. The molecule has 0 saturated heterocycles. The van der Waals surface area contributed by atoms with Crippen LogP contribution in [-0.4, -0.2) is 9.55 Å². The molecule has 0 radical (unpaired) electrons. The minimum Gasteiger partial charge on any atom is -0.323 e. The summed E-state index contributed by atoms with van der Waals surface area (Å²) < 4.78 is 2.31. The monoisotopic (exact) mass is 298 g/mol. The SMILES string of the molecule is CCC(C)c1nc2cc(Cl)ccc2n1Cc1ccccc1. The second-order valence-corrected chi connectivity index (χ2v) is 5.92. The van der Waals surface area contributed by atoms with Crippen molar-refractivity contribution in [2.75, 3.05) is 0 Å². The minimum atomic E-state index is 0.430. The van der Waals surface area contributed by atoms with Gasteiger partial charge in [0.05, 0.1) is 11.0 Å². The maximum Gasteiger partial charge on any atom is 0.113 e. The van der Waals surface area contributed by atoms with Crippen LogP contribution >= 0.6 is 11.6 Å².